The fraction of sp³-hybridized carbons (Fsp3) is 0.714. The Hall–Kier alpha value is -1.30. The van der Waals surface area contributed by atoms with Gasteiger partial charge in [0.1, 0.15) is 10.7 Å². The highest BCUT2D eigenvalue weighted by atomic mass is 32.1. The first-order chi connectivity index (χ1) is 9.40. The van der Waals surface area contributed by atoms with Crippen LogP contribution in [0.3, 0.4) is 0 Å². The Kier molecular flexibility index (Phi) is 6.26. The summed E-state index contributed by atoms with van der Waals surface area (Å²) >= 11 is 1.39. The number of aromatic nitrogens is 1. The van der Waals surface area contributed by atoms with Gasteiger partial charge in [0.05, 0.1) is 0 Å². The van der Waals surface area contributed by atoms with Crippen molar-refractivity contribution >= 4 is 28.2 Å². The van der Waals surface area contributed by atoms with Gasteiger partial charge >= 0.3 is 0 Å². The minimum Gasteiger partial charge on any atom is -0.382 e. The van der Waals surface area contributed by atoms with E-state index < -0.39 is 0 Å². The van der Waals surface area contributed by atoms with Gasteiger partial charge in [0.25, 0.3) is 5.91 Å². The van der Waals surface area contributed by atoms with Gasteiger partial charge in [-0.1, -0.05) is 25.2 Å². The van der Waals surface area contributed by atoms with E-state index in [1.54, 1.807) is 4.90 Å². The first-order valence-electron chi connectivity index (χ1n) is 7.17. The normalized spacial score (nSPS) is 10.9. The molecule has 0 bridgehead atoms. The molecule has 0 aliphatic rings. The summed E-state index contributed by atoms with van der Waals surface area (Å²) in [6.07, 6.45) is 0.990. The lowest BCUT2D eigenvalue weighted by atomic mass is 10.1. The van der Waals surface area contributed by atoms with E-state index in [1.165, 1.54) is 11.3 Å². The number of thiazole rings is 1. The second kappa shape index (κ2) is 7.47. The molecule has 114 valence electrons. The van der Waals surface area contributed by atoms with Crippen LogP contribution in [0.4, 0.5) is 10.9 Å². The van der Waals surface area contributed by atoms with E-state index in [0.29, 0.717) is 16.6 Å². The molecule has 0 aliphatic carbocycles. The van der Waals surface area contributed by atoms with E-state index in [9.17, 15) is 4.79 Å². The summed E-state index contributed by atoms with van der Waals surface area (Å²) in [6.45, 7) is 10.9. The molecular weight excluding hydrogens is 272 g/mol. The Balaban J connectivity index is 2.83. The second-order valence-electron chi connectivity index (χ2n) is 5.29. The highest BCUT2D eigenvalue weighted by Gasteiger charge is 2.21. The molecular formula is C14H26N4OS. The monoisotopic (exact) mass is 298 g/mol. The molecule has 5 nitrogen and oxygen atoms in total. The zero-order chi connectivity index (χ0) is 15.3. The summed E-state index contributed by atoms with van der Waals surface area (Å²) in [6, 6.07) is 0. The maximum absolute atomic E-state index is 12.4. The lowest BCUT2D eigenvalue weighted by molar-refractivity contribution is 0.0794. The molecule has 1 rings (SSSR count). The summed E-state index contributed by atoms with van der Waals surface area (Å²) in [5.41, 5.74) is 5.91. The number of nitrogen functional groups attached to an aromatic ring is 1. The summed E-state index contributed by atoms with van der Waals surface area (Å²) in [4.78, 5) is 21.1. The minimum absolute atomic E-state index is 0.0287. The molecule has 1 aromatic rings. The molecule has 0 unspecified atom stereocenters. The maximum Gasteiger partial charge on any atom is 0.267 e. The molecule has 0 radical (unpaired) electrons. The zero-order valence-electron chi connectivity index (χ0n) is 13.1. The van der Waals surface area contributed by atoms with Crippen LogP contribution in [0, 0.1) is 5.92 Å². The second-order valence-corrected chi connectivity index (χ2v) is 6.27. The third-order valence-electron chi connectivity index (χ3n) is 3.26. The van der Waals surface area contributed by atoms with E-state index in [4.69, 9.17) is 5.73 Å². The summed E-state index contributed by atoms with van der Waals surface area (Å²) in [7, 11) is 1.82. The van der Waals surface area contributed by atoms with Crippen LogP contribution in [-0.2, 0) is 0 Å². The number of anilines is 2. The standard InChI is InChI=1S/C14H26N4OS/c1-6-18(7-2)14-16-12(15)11(20-14)13(19)17(5)9-8-10(3)4/h10H,6-9,15H2,1-5H3. The van der Waals surface area contributed by atoms with Gasteiger partial charge in [0.15, 0.2) is 5.13 Å². The Labute approximate surface area is 125 Å². The zero-order valence-corrected chi connectivity index (χ0v) is 14.0. The molecule has 0 aliphatic heterocycles. The number of carbonyl (C=O) groups is 1. The lowest BCUT2D eigenvalue weighted by Crippen LogP contribution is -2.28. The van der Waals surface area contributed by atoms with Crippen LogP contribution in [0.25, 0.3) is 0 Å². The van der Waals surface area contributed by atoms with Crippen molar-refractivity contribution < 1.29 is 4.79 Å². The number of carbonyl (C=O) groups excluding carboxylic acids is 1. The van der Waals surface area contributed by atoms with Crippen molar-refractivity contribution in [3.05, 3.63) is 4.88 Å². The predicted octanol–water partition coefficient (Wildman–Crippen LogP) is 2.69. The Morgan fingerprint density at radius 3 is 2.45 bits per heavy atom. The van der Waals surface area contributed by atoms with E-state index in [2.05, 4.69) is 37.6 Å². The molecule has 2 N–H and O–H groups in total. The van der Waals surface area contributed by atoms with Crippen molar-refractivity contribution in [3.63, 3.8) is 0 Å². The molecule has 1 amide bonds. The van der Waals surface area contributed by atoms with Crippen LogP contribution in [0.15, 0.2) is 0 Å². The quantitative estimate of drug-likeness (QED) is 0.840. The molecule has 1 aromatic heterocycles. The van der Waals surface area contributed by atoms with E-state index in [1.807, 2.05) is 7.05 Å². The highest BCUT2D eigenvalue weighted by Crippen LogP contribution is 2.29. The Bertz CT molecular complexity index is 440. The van der Waals surface area contributed by atoms with Crippen molar-refractivity contribution in [2.75, 3.05) is 37.3 Å². The Morgan fingerprint density at radius 1 is 1.35 bits per heavy atom. The topological polar surface area (TPSA) is 62.5 Å². The average molecular weight is 298 g/mol. The molecule has 6 heteroatoms. The third kappa shape index (κ3) is 4.10. The van der Waals surface area contributed by atoms with E-state index in [0.717, 1.165) is 31.2 Å². The first-order valence-corrected chi connectivity index (χ1v) is 7.99. The largest absolute Gasteiger partial charge is 0.382 e. The van der Waals surface area contributed by atoms with Crippen molar-refractivity contribution in [1.29, 1.82) is 0 Å². The number of amides is 1. The van der Waals surface area contributed by atoms with Crippen molar-refractivity contribution in [1.82, 2.24) is 9.88 Å². The van der Waals surface area contributed by atoms with Gasteiger partial charge in [-0.05, 0) is 26.2 Å². The van der Waals surface area contributed by atoms with Crippen LogP contribution in [-0.4, -0.2) is 42.5 Å². The molecule has 0 saturated heterocycles. The minimum atomic E-state index is -0.0287. The van der Waals surface area contributed by atoms with Crippen LogP contribution >= 0.6 is 11.3 Å². The number of nitrogens with two attached hydrogens (primary N) is 1. The van der Waals surface area contributed by atoms with Crippen LogP contribution in [0.2, 0.25) is 0 Å². The van der Waals surface area contributed by atoms with Crippen molar-refractivity contribution in [3.8, 4) is 0 Å². The van der Waals surface area contributed by atoms with Crippen LogP contribution in [0.1, 0.15) is 43.8 Å². The summed E-state index contributed by atoms with van der Waals surface area (Å²) < 4.78 is 0. The SMILES string of the molecule is CCN(CC)c1nc(N)c(C(=O)N(C)CCC(C)C)s1. The van der Waals surface area contributed by atoms with Gasteiger partial charge < -0.3 is 15.5 Å². The molecule has 0 atom stereocenters. The number of hydrogen-bond acceptors (Lipinski definition) is 5. The molecule has 0 saturated carbocycles. The number of rotatable bonds is 7. The maximum atomic E-state index is 12.4. The van der Waals surface area contributed by atoms with Gasteiger partial charge in [0, 0.05) is 26.7 Å². The van der Waals surface area contributed by atoms with Crippen molar-refractivity contribution in [2.45, 2.75) is 34.1 Å². The van der Waals surface area contributed by atoms with Gasteiger partial charge in [-0.15, -0.1) is 0 Å². The van der Waals surface area contributed by atoms with Crippen LogP contribution < -0.4 is 10.6 Å². The first kappa shape index (κ1) is 16.8. The smallest absolute Gasteiger partial charge is 0.267 e. The Morgan fingerprint density at radius 2 is 1.95 bits per heavy atom. The summed E-state index contributed by atoms with van der Waals surface area (Å²) in [5.74, 6) is 0.896. The number of hydrogen-bond donors (Lipinski definition) is 1. The molecule has 20 heavy (non-hydrogen) atoms. The van der Waals surface area contributed by atoms with Crippen molar-refractivity contribution in [2.24, 2.45) is 5.92 Å². The summed E-state index contributed by atoms with van der Waals surface area (Å²) in [5, 5.41) is 0.827. The third-order valence-corrected chi connectivity index (χ3v) is 4.38. The predicted molar refractivity (Wildman–Crippen MR) is 86.5 cm³/mol. The average Bonchev–Trinajstić information content (AvgIpc) is 2.78. The fourth-order valence-corrected chi connectivity index (χ4v) is 2.94. The highest BCUT2D eigenvalue weighted by molar-refractivity contribution is 7.18. The fourth-order valence-electron chi connectivity index (χ4n) is 1.83. The molecule has 0 aromatic carbocycles. The number of nitrogens with zero attached hydrogens (tertiary/aromatic N) is 3. The van der Waals surface area contributed by atoms with Gasteiger partial charge in [-0.2, -0.15) is 0 Å². The molecule has 1 heterocycles. The van der Waals surface area contributed by atoms with Gasteiger partial charge in [-0.3, -0.25) is 4.79 Å². The lowest BCUT2D eigenvalue weighted by Gasteiger charge is -2.18. The van der Waals surface area contributed by atoms with Gasteiger partial charge in [-0.25, -0.2) is 4.98 Å². The van der Waals surface area contributed by atoms with E-state index >= 15 is 0 Å². The van der Waals surface area contributed by atoms with E-state index in [-0.39, 0.29) is 5.91 Å². The molecule has 0 spiro atoms. The molecule has 0 fully saturated rings. The van der Waals surface area contributed by atoms with Gasteiger partial charge in [0.2, 0.25) is 0 Å². The van der Waals surface area contributed by atoms with Crippen LogP contribution in [0.5, 0.6) is 0 Å².